The topological polar surface area (TPSA) is 48.2 Å². The zero-order chi connectivity index (χ0) is 12.3. The lowest BCUT2D eigenvalue weighted by atomic mass is 10.1. The number of hydrogen-bond acceptors (Lipinski definition) is 4. The Morgan fingerprint density at radius 1 is 1.41 bits per heavy atom. The maximum Gasteiger partial charge on any atom is 0.234 e. The van der Waals surface area contributed by atoms with Crippen LogP contribution in [0.5, 0.6) is 5.75 Å². The molecular weight excluding hydrogens is 240 g/mol. The summed E-state index contributed by atoms with van der Waals surface area (Å²) in [5.41, 5.74) is 1.06. The molecule has 0 radical (unpaired) electrons. The lowest BCUT2D eigenvalue weighted by Gasteiger charge is -2.01. The molecule has 1 unspecified atom stereocenters. The SMILES string of the molecule is COc1cccc(Cc2nnc(C(C)Cl)o2)c1. The van der Waals surface area contributed by atoms with E-state index in [1.54, 1.807) is 14.0 Å². The van der Waals surface area contributed by atoms with Crippen LogP contribution in [0.4, 0.5) is 0 Å². The van der Waals surface area contributed by atoms with Crippen molar-refractivity contribution in [2.24, 2.45) is 0 Å². The highest BCUT2D eigenvalue weighted by Gasteiger charge is 2.11. The summed E-state index contributed by atoms with van der Waals surface area (Å²) in [7, 11) is 1.64. The predicted octanol–water partition coefficient (Wildman–Crippen LogP) is 2.97. The molecule has 0 aliphatic rings. The highest BCUT2D eigenvalue weighted by Crippen LogP contribution is 2.20. The van der Waals surface area contributed by atoms with E-state index in [-0.39, 0.29) is 5.38 Å². The van der Waals surface area contributed by atoms with Gasteiger partial charge in [0.25, 0.3) is 0 Å². The lowest BCUT2D eigenvalue weighted by Crippen LogP contribution is -1.90. The molecule has 90 valence electrons. The molecule has 0 saturated heterocycles. The van der Waals surface area contributed by atoms with E-state index in [0.29, 0.717) is 18.2 Å². The van der Waals surface area contributed by atoms with Gasteiger partial charge in [0.2, 0.25) is 11.8 Å². The monoisotopic (exact) mass is 252 g/mol. The van der Waals surface area contributed by atoms with Crippen LogP contribution >= 0.6 is 11.6 Å². The first-order chi connectivity index (χ1) is 8.19. The van der Waals surface area contributed by atoms with Gasteiger partial charge in [0.05, 0.1) is 13.5 Å². The lowest BCUT2D eigenvalue weighted by molar-refractivity contribution is 0.414. The molecule has 0 bridgehead atoms. The minimum atomic E-state index is -0.262. The van der Waals surface area contributed by atoms with E-state index >= 15 is 0 Å². The quantitative estimate of drug-likeness (QED) is 0.785. The smallest absolute Gasteiger partial charge is 0.234 e. The second kappa shape index (κ2) is 5.19. The van der Waals surface area contributed by atoms with Gasteiger partial charge in [-0.2, -0.15) is 0 Å². The molecule has 0 amide bonds. The van der Waals surface area contributed by atoms with Crippen LogP contribution in [0, 0.1) is 0 Å². The zero-order valence-corrected chi connectivity index (χ0v) is 10.4. The van der Waals surface area contributed by atoms with Crippen molar-refractivity contribution >= 4 is 11.6 Å². The molecule has 0 spiro atoms. The van der Waals surface area contributed by atoms with Gasteiger partial charge in [0.1, 0.15) is 11.1 Å². The third kappa shape index (κ3) is 2.97. The number of benzene rings is 1. The van der Waals surface area contributed by atoms with Gasteiger partial charge in [0, 0.05) is 0 Å². The van der Waals surface area contributed by atoms with Crippen LogP contribution in [0.2, 0.25) is 0 Å². The summed E-state index contributed by atoms with van der Waals surface area (Å²) in [4.78, 5) is 0. The number of ether oxygens (including phenoxy) is 1. The minimum absolute atomic E-state index is 0.262. The van der Waals surface area contributed by atoms with Crippen LogP contribution in [0.3, 0.4) is 0 Å². The molecule has 4 nitrogen and oxygen atoms in total. The van der Waals surface area contributed by atoms with Gasteiger partial charge in [-0.3, -0.25) is 0 Å². The second-order valence-electron chi connectivity index (χ2n) is 3.68. The molecule has 1 atom stereocenters. The van der Waals surface area contributed by atoms with Crippen molar-refractivity contribution in [1.82, 2.24) is 10.2 Å². The van der Waals surface area contributed by atoms with Crippen molar-refractivity contribution in [1.29, 1.82) is 0 Å². The van der Waals surface area contributed by atoms with Crippen molar-refractivity contribution in [3.05, 3.63) is 41.6 Å². The maximum absolute atomic E-state index is 5.85. The van der Waals surface area contributed by atoms with Crippen molar-refractivity contribution in [3.63, 3.8) is 0 Å². The first kappa shape index (κ1) is 11.9. The van der Waals surface area contributed by atoms with E-state index in [1.807, 2.05) is 24.3 Å². The summed E-state index contributed by atoms with van der Waals surface area (Å²) in [6.07, 6.45) is 0.577. The van der Waals surface area contributed by atoms with Crippen molar-refractivity contribution < 1.29 is 9.15 Å². The van der Waals surface area contributed by atoms with Gasteiger partial charge in [-0.15, -0.1) is 21.8 Å². The summed E-state index contributed by atoms with van der Waals surface area (Å²) >= 11 is 5.85. The molecule has 0 N–H and O–H groups in total. The standard InChI is InChI=1S/C12H13ClN2O2/c1-8(13)12-15-14-11(17-12)7-9-4-3-5-10(6-9)16-2/h3-6,8H,7H2,1-2H3. The van der Waals surface area contributed by atoms with Crippen LogP contribution in [0.15, 0.2) is 28.7 Å². The second-order valence-corrected chi connectivity index (χ2v) is 4.33. The highest BCUT2D eigenvalue weighted by atomic mass is 35.5. The Kier molecular flexibility index (Phi) is 3.64. The van der Waals surface area contributed by atoms with Gasteiger partial charge >= 0.3 is 0 Å². The van der Waals surface area contributed by atoms with Crippen LogP contribution in [-0.2, 0) is 6.42 Å². The molecule has 1 aromatic carbocycles. The van der Waals surface area contributed by atoms with E-state index in [1.165, 1.54) is 0 Å². The number of halogens is 1. The number of rotatable bonds is 4. The van der Waals surface area contributed by atoms with Gasteiger partial charge in [-0.25, -0.2) is 0 Å². The third-order valence-corrected chi connectivity index (χ3v) is 2.50. The van der Waals surface area contributed by atoms with Gasteiger partial charge in [-0.1, -0.05) is 12.1 Å². The summed E-state index contributed by atoms with van der Waals surface area (Å²) in [6, 6.07) is 7.74. The summed E-state index contributed by atoms with van der Waals surface area (Å²) in [5.74, 6) is 1.82. The molecule has 1 aromatic heterocycles. The number of hydrogen-bond donors (Lipinski definition) is 0. The molecule has 0 aliphatic carbocycles. The number of aromatic nitrogens is 2. The molecule has 0 fully saturated rings. The number of nitrogens with zero attached hydrogens (tertiary/aromatic N) is 2. The molecule has 0 aliphatic heterocycles. The fourth-order valence-corrected chi connectivity index (χ4v) is 1.54. The van der Waals surface area contributed by atoms with E-state index in [0.717, 1.165) is 11.3 Å². The van der Waals surface area contributed by atoms with E-state index in [4.69, 9.17) is 20.8 Å². The summed E-state index contributed by atoms with van der Waals surface area (Å²) in [5, 5.41) is 7.56. The molecule has 0 saturated carbocycles. The average molecular weight is 253 g/mol. The van der Waals surface area contributed by atoms with Crippen LogP contribution in [0.25, 0.3) is 0 Å². The van der Waals surface area contributed by atoms with Crippen molar-refractivity contribution in [2.45, 2.75) is 18.7 Å². The molecule has 17 heavy (non-hydrogen) atoms. The fraction of sp³-hybridized carbons (Fsp3) is 0.333. The molecular formula is C12H13ClN2O2. The first-order valence-electron chi connectivity index (χ1n) is 5.28. The van der Waals surface area contributed by atoms with Gasteiger partial charge in [-0.05, 0) is 24.6 Å². The van der Waals surface area contributed by atoms with Gasteiger partial charge < -0.3 is 9.15 Å². The Bertz CT molecular complexity index is 497. The van der Waals surface area contributed by atoms with Crippen molar-refractivity contribution in [2.75, 3.05) is 7.11 Å². The summed E-state index contributed by atoms with van der Waals surface area (Å²) < 4.78 is 10.6. The average Bonchev–Trinajstić information content (AvgIpc) is 2.78. The van der Waals surface area contributed by atoms with Crippen LogP contribution in [-0.4, -0.2) is 17.3 Å². The minimum Gasteiger partial charge on any atom is -0.497 e. The Labute approximate surface area is 105 Å². The molecule has 5 heteroatoms. The Morgan fingerprint density at radius 2 is 2.24 bits per heavy atom. The predicted molar refractivity (Wildman–Crippen MR) is 64.4 cm³/mol. The highest BCUT2D eigenvalue weighted by molar-refractivity contribution is 6.20. The van der Waals surface area contributed by atoms with Crippen molar-refractivity contribution in [3.8, 4) is 5.75 Å². The Balaban J connectivity index is 2.13. The van der Waals surface area contributed by atoms with Crippen LogP contribution < -0.4 is 4.74 Å². The Morgan fingerprint density at radius 3 is 2.88 bits per heavy atom. The number of alkyl halides is 1. The maximum atomic E-state index is 5.85. The molecule has 2 aromatic rings. The van der Waals surface area contributed by atoms with E-state index in [2.05, 4.69) is 10.2 Å². The normalized spacial score (nSPS) is 12.4. The van der Waals surface area contributed by atoms with E-state index in [9.17, 15) is 0 Å². The largest absolute Gasteiger partial charge is 0.497 e. The van der Waals surface area contributed by atoms with E-state index < -0.39 is 0 Å². The number of methoxy groups -OCH3 is 1. The molecule has 1 heterocycles. The summed E-state index contributed by atoms with van der Waals surface area (Å²) in [6.45, 7) is 1.80. The molecule has 2 rings (SSSR count). The Hall–Kier alpha value is -1.55. The zero-order valence-electron chi connectivity index (χ0n) is 9.68. The third-order valence-electron chi connectivity index (χ3n) is 2.31. The fourth-order valence-electron chi connectivity index (χ4n) is 1.46. The first-order valence-corrected chi connectivity index (χ1v) is 5.72. The van der Waals surface area contributed by atoms with Gasteiger partial charge in [0.15, 0.2) is 0 Å². The van der Waals surface area contributed by atoms with Crippen LogP contribution in [0.1, 0.15) is 29.6 Å².